The Labute approximate surface area is 118 Å². The molecule has 1 unspecified atom stereocenters. The Hall–Kier alpha value is -2.08. The smallest absolute Gasteiger partial charge is 0.240 e. The van der Waals surface area contributed by atoms with E-state index in [1.54, 1.807) is 26.0 Å². The number of primary amides is 1. The molecular formula is C14H21N3O3. The number of amides is 2. The van der Waals surface area contributed by atoms with Crippen molar-refractivity contribution in [1.29, 1.82) is 0 Å². The maximum absolute atomic E-state index is 12.2. The van der Waals surface area contributed by atoms with Crippen LogP contribution in [0.2, 0.25) is 0 Å². The molecule has 0 aliphatic rings. The van der Waals surface area contributed by atoms with Crippen molar-refractivity contribution in [3.63, 3.8) is 0 Å². The lowest BCUT2D eigenvalue weighted by Crippen LogP contribution is -2.50. The minimum absolute atomic E-state index is 0.139. The molecule has 0 aliphatic heterocycles. The van der Waals surface area contributed by atoms with Crippen LogP contribution in [0.1, 0.15) is 19.4 Å². The summed E-state index contributed by atoms with van der Waals surface area (Å²) in [4.78, 5) is 24.6. The predicted octanol–water partition coefficient (Wildman–Crippen LogP) is -0.0157. The molecule has 110 valence electrons. The van der Waals surface area contributed by atoms with E-state index < -0.39 is 11.9 Å². The van der Waals surface area contributed by atoms with Crippen LogP contribution in [0.3, 0.4) is 0 Å². The number of carbonyl (C=O) groups excluding carboxylic acids is 2. The maximum atomic E-state index is 12.2. The van der Waals surface area contributed by atoms with Crippen molar-refractivity contribution < 1.29 is 14.7 Å². The third kappa shape index (κ3) is 4.55. The number of nitrogens with zero attached hydrogens (tertiary/aromatic N) is 1. The molecule has 0 fully saturated rings. The lowest BCUT2D eigenvalue weighted by Gasteiger charge is -2.28. The molecule has 1 atom stereocenters. The molecular weight excluding hydrogens is 258 g/mol. The Bertz CT molecular complexity index is 471. The second-order valence-corrected chi connectivity index (χ2v) is 5.00. The van der Waals surface area contributed by atoms with Crippen LogP contribution < -0.4 is 11.5 Å². The van der Waals surface area contributed by atoms with Crippen LogP contribution in [0.25, 0.3) is 0 Å². The van der Waals surface area contributed by atoms with Gasteiger partial charge in [0, 0.05) is 6.04 Å². The van der Waals surface area contributed by atoms with Crippen LogP contribution in [-0.2, 0) is 16.0 Å². The zero-order valence-corrected chi connectivity index (χ0v) is 11.7. The zero-order valence-electron chi connectivity index (χ0n) is 11.7. The first kappa shape index (κ1) is 16.0. The van der Waals surface area contributed by atoms with Gasteiger partial charge in [-0.25, -0.2) is 0 Å². The van der Waals surface area contributed by atoms with Crippen molar-refractivity contribution in [2.24, 2.45) is 11.5 Å². The van der Waals surface area contributed by atoms with E-state index in [1.807, 2.05) is 0 Å². The van der Waals surface area contributed by atoms with Gasteiger partial charge in [-0.3, -0.25) is 9.59 Å². The summed E-state index contributed by atoms with van der Waals surface area (Å²) >= 11 is 0. The molecule has 2 amide bonds. The van der Waals surface area contributed by atoms with Gasteiger partial charge in [-0.1, -0.05) is 12.1 Å². The average Bonchev–Trinajstić information content (AvgIpc) is 2.37. The minimum atomic E-state index is -0.749. The largest absolute Gasteiger partial charge is 0.508 e. The number of nitrogens with two attached hydrogens (primary N) is 2. The lowest BCUT2D eigenvalue weighted by molar-refractivity contribution is -0.138. The molecule has 0 aliphatic carbocycles. The molecule has 1 aromatic rings. The van der Waals surface area contributed by atoms with Gasteiger partial charge in [-0.2, -0.15) is 0 Å². The van der Waals surface area contributed by atoms with Crippen LogP contribution in [-0.4, -0.2) is 40.4 Å². The lowest BCUT2D eigenvalue weighted by atomic mass is 10.0. The van der Waals surface area contributed by atoms with Crippen molar-refractivity contribution in [2.75, 3.05) is 6.54 Å². The zero-order chi connectivity index (χ0) is 15.3. The quantitative estimate of drug-likeness (QED) is 0.680. The Morgan fingerprint density at radius 2 is 1.80 bits per heavy atom. The molecule has 6 nitrogen and oxygen atoms in total. The maximum Gasteiger partial charge on any atom is 0.240 e. The van der Waals surface area contributed by atoms with Crippen LogP contribution >= 0.6 is 0 Å². The molecule has 5 N–H and O–H groups in total. The highest BCUT2D eigenvalue weighted by Crippen LogP contribution is 2.12. The molecule has 20 heavy (non-hydrogen) atoms. The molecule has 0 saturated heterocycles. The standard InChI is InChI=1S/C14H21N3O3/c1-9(2)17(8-13(16)19)14(20)12(15)7-10-3-5-11(18)6-4-10/h3-6,9,12,18H,7-8,15H2,1-2H3,(H2,16,19). The number of rotatable bonds is 6. The summed E-state index contributed by atoms with van der Waals surface area (Å²) in [5.41, 5.74) is 11.9. The summed E-state index contributed by atoms with van der Waals surface area (Å²) < 4.78 is 0. The minimum Gasteiger partial charge on any atom is -0.508 e. The van der Waals surface area contributed by atoms with E-state index in [-0.39, 0.29) is 24.2 Å². The topological polar surface area (TPSA) is 110 Å². The average molecular weight is 279 g/mol. The fourth-order valence-electron chi connectivity index (χ4n) is 1.87. The number of carbonyl (C=O) groups is 2. The summed E-state index contributed by atoms with van der Waals surface area (Å²) in [5.74, 6) is -0.720. The molecule has 0 spiro atoms. The third-order valence-electron chi connectivity index (χ3n) is 2.94. The van der Waals surface area contributed by atoms with Crippen LogP contribution in [0.5, 0.6) is 5.75 Å². The first-order valence-corrected chi connectivity index (χ1v) is 6.43. The van der Waals surface area contributed by atoms with E-state index in [4.69, 9.17) is 11.5 Å². The molecule has 1 aromatic carbocycles. The van der Waals surface area contributed by atoms with Gasteiger partial charge in [0.2, 0.25) is 11.8 Å². The van der Waals surface area contributed by atoms with E-state index in [0.29, 0.717) is 6.42 Å². The SMILES string of the molecule is CC(C)N(CC(N)=O)C(=O)C(N)Cc1ccc(O)cc1. The van der Waals surface area contributed by atoms with Crippen LogP contribution in [0, 0.1) is 0 Å². The highest BCUT2D eigenvalue weighted by molar-refractivity contribution is 5.87. The normalized spacial score (nSPS) is 12.2. The van der Waals surface area contributed by atoms with E-state index in [9.17, 15) is 14.7 Å². The Kier molecular flexibility index (Phi) is 5.52. The second kappa shape index (κ2) is 6.91. The Balaban J connectivity index is 2.73. The molecule has 0 bridgehead atoms. The predicted molar refractivity (Wildman–Crippen MR) is 75.8 cm³/mol. The fraction of sp³-hybridized carbons (Fsp3) is 0.429. The van der Waals surface area contributed by atoms with Crippen molar-refractivity contribution >= 4 is 11.8 Å². The second-order valence-electron chi connectivity index (χ2n) is 5.00. The summed E-state index contributed by atoms with van der Waals surface area (Å²) in [7, 11) is 0. The number of phenolic OH excluding ortho intramolecular Hbond substituents is 1. The number of phenols is 1. The van der Waals surface area contributed by atoms with Gasteiger partial charge >= 0.3 is 0 Å². The summed E-state index contributed by atoms with van der Waals surface area (Å²) in [6.07, 6.45) is 0.334. The van der Waals surface area contributed by atoms with Gasteiger partial charge in [0.05, 0.1) is 12.6 Å². The van der Waals surface area contributed by atoms with E-state index >= 15 is 0 Å². The molecule has 6 heteroatoms. The van der Waals surface area contributed by atoms with Gasteiger partial charge in [0.25, 0.3) is 0 Å². The van der Waals surface area contributed by atoms with E-state index in [2.05, 4.69) is 0 Å². The summed E-state index contributed by atoms with van der Waals surface area (Å²) in [6.45, 7) is 3.46. The Morgan fingerprint density at radius 3 is 2.25 bits per heavy atom. The fourth-order valence-corrected chi connectivity index (χ4v) is 1.87. The number of aromatic hydroxyl groups is 1. The highest BCUT2D eigenvalue weighted by Gasteiger charge is 2.24. The van der Waals surface area contributed by atoms with Crippen molar-refractivity contribution in [3.8, 4) is 5.75 Å². The van der Waals surface area contributed by atoms with Gasteiger partial charge in [-0.05, 0) is 38.0 Å². The molecule has 0 saturated carbocycles. The Morgan fingerprint density at radius 1 is 1.25 bits per heavy atom. The molecule has 0 radical (unpaired) electrons. The molecule has 0 heterocycles. The number of hydrogen-bond donors (Lipinski definition) is 3. The molecule has 0 aromatic heterocycles. The van der Waals surface area contributed by atoms with Gasteiger partial charge in [-0.15, -0.1) is 0 Å². The van der Waals surface area contributed by atoms with Gasteiger partial charge < -0.3 is 21.5 Å². The van der Waals surface area contributed by atoms with Crippen molar-refractivity contribution in [3.05, 3.63) is 29.8 Å². The summed E-state index contributed by atoms with van der Waals surface area (Å²) in [5, 5.41) is 9.20. The van der Waals surface area contributed by atoms with E-state index in [0.717, 1.165) is 5.56 Å². The monoisotopic (exact) mass is 279 g/mol. The highest BCUT2D eigenvalue weighted by atomic mass is 16.3. The van der Waals surface area contributed by atoms with E-state index in [1.165, 1.54) is 17.0 Å². The van der Waals surface area contributed by atoms with Crippen LogP contribution in [0.4, 0.5) is 0 Å². The summed E-state index contributed by atoms with van der Waals surface area (Å²) in [6, 6.07) is 5.58. The van der Waals surface area contributed by atoms with Crippen molar-refractivity contribution in [2.45, 2.75) is 32.4 Å². The molecule has 1 rings (SSSR count). The third-order valence-corrected chi connectivity index (χ3v) is 2.94. The number of hydrogen-bond acceptors (Lipinski definition) is 4. The first-order chi connectivity index (χ1) is 9.31. The van der Waals surface area contributed by atoms with Crippen LogP contribution in [0.15, 0.2) is 24.3 Å². The van der Waals surface area contributed by atoms with Gasteiger partial charge in [0.1, 0.15) is 5.75 Å². The van der Waals surface area contributed by atoms with Crippen molar-refractivity contribution in [1.82, 2.24) is 4.90 Å². The first-order valence-electron chi connectivity index (χ1n) is 6.43. The van der Waals surface area contributed by atoms with Gasteiger partial charge in [0.15, 0.2) is 0 Å². The number of benzene rings is 1.